The number of anilines is 1. The van der Waals surface area contributed by atoms with Crippen LogP contribution < -0.4 is 10.6 Å². The summed E-state index contributed by atoms with van der Waals surface area (Å²) in [6.07, 6.45) is 0. The van der Waals surface area contributed by atoms with E-state index in [0.29, 0.717) is 30.5 Å². The molecule has 4 nitrogen and oxygen atoms in total. The molecule has 3 aromatic rings. The van der Waals surface area contributed by atoms with Crippen molar-refractivity contribution in [1.29, 1.82) is 0 Å². The van der Waals surface area contributed by atoms with Crippen molar-refractivity contribution in [2.24, 2.45) is 11.8 Å². The fourth-order valence-corrected chi connectivity index (χ4v) is 3.98. The molecule has 0 atom stereocenters. The van der Waals surface area contributed by atoms with Gasteiger partial charge in [-0.25, -0.2) is 0 Å². The van der Waals surface area contributed by atoms with Crippen LogP contribution in [0.4, 0.5) is 5.69 Å². The average Bonchev–Trinajstić information content (AvgIpc) is 2.83. The monoisotopic (exact) mass is 473 g/mol. The summed E-state index contributed by atoms with van der Waals surface area (Å²) >= 11 is 5.74. The number of amides is 1. The zero-order valence-corrected chi connectivity index (χ0v) is 21.4. The lowest BCUT2D eigenvalue weighted by molar-refractivity contribution is 0.0949. The van der Waals surface area contributed by atoms with Gasteiger partial charge >= 0.3 is 0 Å². The number of hydrogen-bond donors (Lipinski definition) is 2. The molecule has 0 heterocycles. The smallest absolute Gasteiger partial charge is 0.251 e. The van der Waals surface area contributed by atoms with Crippen LogP contribution >= 0.6 is 12.2 Å². The van der Waals surface area contributed by atoms with Crippen LogP contribution in [0.25, 0.3) is 11.1 Å². The molecule has 3 aromatic carbocycles. The Morgan fingerprint density at radius 1 is 0.853 bits per heavy atom. The minimum atomic E-state index is -0.0335. The number of carbonyl (C=O) groups excluding carboxylic acids is 1. The number of hydrogen-bond acceptors (Lipinski definition) is 2. The highest BCUT2D eigenvalue weighted by atomic mass is 32.1. The van der Waals surface area contributed by atoms with Crippen molar-refractivity contribution in [3.8, 4) is 11.1 Å². The quantitative estimate of drug-likeness (QED) is 0.344. The summed E-state index contributed by atoms with van der Waals surface area (Å²) in [5.74, 6) is 0.853. The van der Waals surface area contributed by atoms with Crippen LogP contribution in [-0.2, 0) is 6.54 Å². The molecule has 0 aliphatic rings. The van der Waals surface area contributed by atoms with Gasteiger partial charge < -0.3 is 15.5 Å². The molecule has 0 radical (unpaired) electrons. The Balaban J connectivity index is 1.75. The van der Waals surface area contributed by atoms with Crippen molar-refractivity contribution in [1.82, 2.24) is 10.2 Å². The van der Waals surface area contributed by atoms with Gasteiger partial charge in [0.05, 0.1) is 0 Å². The first-order valence-corrected chi connectivity index (χ1v) is 12.3. The van der Waals surface area contributed by atoms with Crippen LogP contribution in [0, 0.1) is 11.8 Å². The van der Waals surface area contributed by atoms with Crippen molar-refractivity contribution < 1.29 is 4.79 Å². The van der Waals surface area contributed by atoms with Gasteiger partial charge in [0.1, 0.15) is 0 Å². The highest BCUT2D eigenvalue weighted by Gasteiger charge is 2.15. The van der Waals surface area contributed by atoms with Crippen LogP contribution in [0.2, 0.25) is 0 Å². The van der Waals surface area contributed by atoms with Crippen molar-refractivity contribution >= 4 is 28.9 Å². The second kappa shape index (κ2) is 12.3. The van der Waals surface area contributed by atoms with Crippen LogP contribution in [0.3, 0.4) is 0 Å². The number of carbonyl (C=O) groups is 1. The van der Waals surface area contributed by atoms with E-state index in [1.165, 1.54) is 5.56 Å². The molecule has 0 fully saturated rings. The van der Waals surface area contributed by atoms with E-state index in [4.69, 9.17) is 12.2 Å². The van der Waals surface area contributed by atoms with E-state index in [2.05, 4.69) is 67.5 Å². The Morgan fingerprint density at radius 2 is 1.50 bits per heavy atom. The van der Waals surface area contributed by atoms with Gasteiger partial charge in [-0.2, -0.15) is 0 Å². The molecule has 178 valence electrons. The molecule has 2 N–H and O–H groups in total. The lowest BCUT2D eigenvalue weighted by Gasteiger charge is -2.28. The van der Waals surface area contributed by atoms with Gasteiger partial charge in [0, 0.05) is 30.9 Å². The molecule has 0 aromatic heterocycles. The largest absolute Gasteiger partial charge is 0.352 e. The predicted molar refractivity (Wildman–Crippen MR) is 147 cm³/mol. The number of thiocarbonyl (C=S) groups is 1. The van der Waals surface area contributed by atoms with Gasteiger partial charge in [-0.05, 0) is 58.9 Å². The summed E-state index contributed by atoms with van der Waals surface area (Å²) in [7, 11) is 0. The minimum absolute atomic E-state index is 0.0335. The Kier molecular flexibility index (Phi) is 9.23. The lowest BCUT2D eigenvalue weighted by Crippen LogP contribution is -2.36. The molecule has 0 bridgehead atoms. The van der Waals surface area contributed by atoms with Crippen LogP contribution in [-0.4, -0.2) is 29.0 Å². The SMILES string of the molecule is CC(C)CNC(=O)c1ccccc1-c1ccc(CN(CC(C)C)C(=S)Nc2ccccc2)cc1. The van der Waals surface area contributed by atoms with Gasteiger partial charge in [-0.1, -0.05) is 88.4 Å². The van der Waals surface area contributed by atoms with Gasteiger partial charge in [-0.3, -0.25) is 4.79 Å². The highest BCUT2D eigenvalue weighted by molar-refractivity contribution is 7.80. The molecule has 0 saturated heterocycles. The third-order valence-electron chi connectivity index (χ3n) is 5.38. The summed E-state index contributed by atoms with van der Waals surface area (Å²) in [4.78, 5) is 14.9. The molecule has 34 heavy (non-hydrogen) atoms. The molecule has 1 amide bonds. The Bertz CT molecular complexity index is 1080. The standard InChI is InChI=1S/C29H35N3OS/c1-21(2)18-30-28(33)27-13-9-8-12-26(27)24-16-14-23(15-17-24)20-32(19-22(3)4)29(34)31-25-10-6-5-7-11-25/h5-17,21-22H,18-20H2,1-4H3,(H,30,33)(H,31,34). The maximum Gasteiger partial charge on any atom is 0.251 e. The predicted octanol–water partition coefficient (Wildman–Crippen LogP) is 6.59. The minimum Gasteiger partial charge on any atom is -0.352 e. The Hall–Kier alpha value is -3.18. The molecular formula is C29H35N3OS. The van der Waals surface area contributed by atoms with Gasteiger partial charge in [0.25, 0.3) is 5.91 Å². The third-order valence-corrected chi connectivity index (χ3v) is 5.74. The molecule has 3 rings (SSSR count). The average molecular weight is 474 g/mol. The fourth-order valence-electron chi connectivity index (χ4n) is 3.72. The number of benzene rings is 3. The topological polar surface area (TPSA) is 44.4 Å². The summed E-state index contributed by atoms with van der Waals surface area (Å²) in [6.45, 7) is 10.8. The van der Waals surface area contributed by atoms with Crippen molar-refractivity contribution in [2.45, 2.75) is 34.2 Å². The van der Waals surface area contributed by atoms with E-state index in [9.17, 15) is 4.79 Å². The zero-order valence-electron chi connectivity index (χ0n) is 20.5. The maximum absolute atomic E-state index is 12.7. The molecular weight excluding hydrogens is 438 g/mol. The Labute approximate surface area is 209 Å². The first-order chi connectivity index (χ1) is 16.3. The number of rotatable bonds is 9. The molecule has 0 unspecified atom stereocenters. The number of nitrogens with zero attached hydrogens (tertiary/aromatic N) is 1. The Morgan fingerprint density at radius 3 is 2.15 bits per heavy atom. The number of para-hydroxylation sites is 1. The normalized spacial score (nSPS) is 10.9. The van der Waals surface area contributed by atoms with E-state index >= 15 is 0 Å². The summed E-state index contributed by atoms with van der Waals surface area (Å²) in [5, 5.41) is 7.11. The third kappa shape index (κ3) is 7.42. The summed E-state index contributed by atoms with van der Waals surface area (Å²) in [5.41, 5.74) is 4.83. The van der Waals surface area contributed by atoms with E-state index in [0.717, 1.165) is 28.5 Å². The van der Waals surface area contributed by atoms with E-state index < -0.39 is 0 Å². The van der Waals surface area contributed by atoms with Crippen molar-refractivity contribution in [3.05, 3.63) is 90.0 Å². The van der Waals surface area contributed by atoms with Gasteiger partial charge in [-0.15, -0.1) is 0 Å². The van der Waals surface area contributed by atoms with Crippen molar-refractivity contribution in [2.75, 3.05) is 18.4 Å². The summed E-state index contributed by atoms with van der Waals surface area (Å²) < 4.78 is 0. The molecule has 0 saturated carbocycles. The lowest BCUT2D eigenvalue weighted by atomic mass is 9.98. The van der Waals surface area contributed by atoms with Crippen LogP contribution in [0.1, 0.15) is 43.6 Å². The van der Waals surface area contributed by atoms with Crippen LogP contribution in [0.5, 0.6) is 0 Å². The summed E-state index contributed by atoms with van der Waals surface area (Å²) in [6, 6.07) is 26.2. The highest BCUT2D eigenvalue weighted by Crippen LogP contribution is 2.25. The van der Waals surface area contributed by atoms with E-state index in [1.54, 1.807) is 0 Å². The number of nitrogens with one attached hydrogen (secondary N) is 2. The second-order valence-electron chi connectivity index (χ2n) is 9.42. The zero-order chi connectivity index (χ0) is 24.5. The van der Waals surface area contributed by atoms with Gasteiger partial charge in [0.2, 0.25) is 0 Å². The van der Waals surface area contributed by atoms with E-state index in [1.807, 2.05) is 54.6 Å². The van der Waals surface area contributed by atoms with Crippen molar-refractivity contribution in [3.63, 3.8) is 0 Å². The van der Waals surface area contributed by atoms with Gasteiger partial charge in [0.15, 0.2) is 5.11 Å². The first-order valence-electron chi connectivity index (χ1n) is 11.9. The molecule has 0 spiro atoms. The molecule has 0 aliphatic carbocycles. The maximum atomic E-state index is 12.7. The second-order valence-corrected chi connectivity index (χ2v) is 9.80. The van der Waals surface area contributed by atoms with Crippen LogP contribution in [0.15, 0.2) is 78.9 Å². The van der Waals surface area contributed by atoms with E-state index in [-0.39, 0.29) is 5.91 Å². The first kappa shape index (κ1) is 25.4. The molecule has 0 aliphatic heterocycles. The fraction of sp³-hybridized carbons (Fsp3) is 0.310. The molecule has 5 heteroatoms.